The highest BCUT2D eigenvalue weighted by Gasteiger charge is 2.28. The van der Waals surface area contributed by atoms with Gasteiger partial charge in [0.15, 0.2) is 0 Å². The molecule has 1 atom stereocenters. The van der Waals surface area contributed by atoms with Gasteiger partial charge in [0.1, 0.15) is 5.75 Å². The summed E-state index contributed by atoms with van der Waals surface area (Å²) in [6.07, 6.45) is 5.40. The standard InChI is InChI=1S/C14H19NO/c1-16-14-6-5-11-8-13-4-2-3-7-15(13)10-12(11)9-14/h5-6,9,13H,2-4,7-8,10H2,1H3/t13-/m0/s1. The summed E-state index contributed by atoms with van der Waals surface area (Å²) in [7, 11) is 1.74. The summed E-state index contributed by atoms with van der Waals surface area (Å²) in [4.78, 5) is 2.64. The van der Waals surface area contributed by atoms with Crippen LogP contribution in [0, 0.1) is 0 Å². The van der Waals surface area contributed by atoms with Gasteiger partial charge in [0.2, 0.25) is 0 Å². The summed E-state index contributed by atoms with van der Waals surface area (Å²) in [5.74, 6) is 0.995. The Labute approximate surface area is 97.2 Å². The first kappa shape index (κ1) is 10.2. The van der Waals surface area contributed by atoms with Gasteiger partial charge in [-0.2, -0.15) is 0 Å². The van der Waals surface area contributed by atoms with Crippen molar-refractivity contribution in [1.82, 2.24) is 4.90 Å². The van der Waals surface area contributed by atoms with Crippen LogP contribution >= 0.6 is 0 Å². The summed E-state index contributed by atoms with van der Waals surface area (Å²) < 4.78 is 5.30. The third-order valence-electron chi connectivity index (χ3n) is 3.99. The van der Waals surface area contributed by atoms with E-state index >= 15 is 0 Å². The average Bonchev–Trinajstić information content (AvgIpc) is 2.35. The molecule has 1 fully saturated rings. The lowest BCUT2D eigenvalue weighted by Gasteiger charge is -2.40. The summed E-state index contributed by atoms with van der Waals surface area (Å²) in [5, 5.41) is 0. The molecule has 2 aliphatic rings. The molecule has 0 aromatic heterocycles. The topological polar surface area (TPSA) is 12.5 Å². The number of methoxy groups -OCH3 is 1. The zero-order valence-electron chi connectivity index (χ0n) is 9.91. The maximum Gasteiger partial charge on any atom is 0.119 e. The van der Waals surface area contributed by atoms with Crippen molar-refractivity contribution in [3.63, 3.8) is 0 Å². The van der Waals surface area contributed by atoms with Crippen LogP contribution in [0.4, 0.5) is 0 Å². The fourth-order valence-corrected chi connectivity index (χ4v) is 3.05. The van der Waals surface area contributed by atoms with Gasteiger partial charge in [-0.3, -0.25) is 4.90 Å². The summed E-state index contributed by atoms with van der Waals surface area (Å²) in [6, 6.07) is 7.35. The van der Waals surface area contributed by atoms with Gasteiger partial charge in [-0.05, 0) is 49.1 Å². The zero-order valence-corrected chi connectivity index (χ0v) is 9.91. The Morgan fingerprint density at radius 3 is 3.06 bits per heavy atom. The molecule has 16 heavy (non-hydrogen) atoms. The molecule has 0 radical (unpaired) electrons. The maximum atomic E-state index is 5.30. The van der Waals surface area contributed by atoms with E-state index in [9.17, 15) is 0 Å². The molecule has 3 rings (SSSR count). The van der Waals surface area contributed by atoms with Gasteiger partial charge in [-0.1, -0.05) is 12.5 Å². The van der Waals surface area contributed by atoms with E-state index in [0.29, 0.717) is 0 Å². The largest absolute Gasteiger partial charge is 0.497 e. The Kier molecular flexibility index (Phi) is 2.60. The van der Waals surface area contributed by atoms with Crippen LogP contribution in [0.2, 0.25) is 0 Å². The first-order valence-corrected chi connectivity index (χ1v) is 6.26. The number of fused-ring (bicyclic) bond motifs is 2. The van der Waals surface area contributed by atoms with E-state index in [1.165, 1.54) is 43.4 Å². The number of hydrogen-bond donors (Lipinski definition) is 0. The highest BCUT2D eigenvalue weighted by Crippen LogP contribution is 2.31. The molecule has 0 unspecified atom stereocenters. The van der Waals surface area contributed by atoms with Crippen LogP contribution in [0.1, 0.15) is 30.4 Å². The second kappa shape index (κ2) is 4.10. The van der Waals surface area contributed by atoms with Crippen LogP contribution in [0.25, 0.3) is 0 Å². The average molecular weight is 217 g/mol. The van der Waals surface area contributed by atoms with Crippen LogP contribution in [0.3, 0.4) is 0 Å². The van der Waals surface area contributed by atoms with E-state index in [1.807, 2.05) is 0 Å². The molecule has 0 N–H and O–H groups in total. The molecule has 2 heteroatoms. The Hall–Kier alpha value is -1.02. The van der Waals surface area contributed by atoms with E-state index < -0.39 is 0 Å². The molecule has 1 aromatic carbocycles. The van der Waals surface area contributed by atoms with Crippen LogP contribution in [-0.2, 0) is 13.0 Å². The fourth-order valence-electron chi connectivity index (χ4n) is 3.05. The van der Waals surface area contributed by atoms with Crippen molar-refractivity contribution in [1.29, 1.82) is 0 Å². The van der Waals surface area contributed by atoms with Gasteiger partial charge < -0.3 is 4.74 Å². The van der Waals surface area contributed by atoms with Crippen molar-refractivity contribution < 1.29 is 4.74 Å². The number of benzene rings is 1. The van der Waals surface area contributed by atoms with Crippen LogP contribution in [-0.4, -0.2) is 24.6 Å². The van der Waals surface area contributed by atoms with E-state index in [4.69, 9.17) is 4.74 Å². The van der Waals surface area contributed by atoms with E-state index in [2.05, 4.69) is 23.1 Å². The number of hydrogen-bond acceptors (Lipinski definition) is 2. The molecule has 0 saturated carbocycles. The Bertz CT molecular complexity index is 388. The molecule has 2 heterocycles. The van der Waals surface area contributed by atoms with Gasteiger partial charge in [0.25, 0.3) is 0 Å². The number of rotatable bonds is 1. The molecule has 1 aromatic rings. The lowest BCUT2D eigenvalue weighted by atomic mass is 9.88. The third-order valence-corrected chi connectivity index (χ3v) is 3.99. The monoisotopic (exact) mass is 217 g/mol. The molecular weight excluding hydrogens is 198 g/mol. The van der Waals surface area contributed by atoms with Gasteiger partial charge in [0, 0.05) is 12.6 Å². The predicted molar refractivity (Wildman–Crippen MR) is 64.7 cm³/mol. The van der Waals surface area contributed by atoms with Crippen LogP contribution < -0.4 is 4.74 Å². The molecule has 0 amide bonds. The lowest BCUT2D eigenvalue weighted by molar-refractivity contribution is 0.127. The summed E-state index contributed by atoms with van der Waals surface area (Å²) in [5.41, 5.74) is 3.00. The molecule has 0 spiro atoms. The van der Waals surface area contributed by atoms with Gasteiger partial charge in [-0.15, -0.1) is 0 Å². The second-order valence-corrected chi connectivity index (χ2v) is 4.96. The number of piperidine rings is 1. The number of ether oxygens (including phenoxy) is 1. The highest BCUT2D eigenvalue weighted by atomic mass is 16.5. The zero-order chi connectivity index (χ0) is 11.0. The van der Waals surface area contributed by atoms with Gasteiger partial charge in [0.05, 0.1) is 7.11 Å². The Morgan fingerprint density at radius 2 is 2.19 bits per heavy atom. The van der Waals surface area contributed by atoms with E-state index in [-0.39, 0.29) is 0 Å². The summed E-state index contributed by atoms with van der Waals surface area (Å²) >= 11 is 0. The molecule has 86 valence electrons. The quantitative estimate of drug-likeness (QED) is 0.717. The first-order valence-electron chi connectivity index (χ1n) is 6.26. The minimum Gasteiger partial charge on any atom is -0.497 e. The van der Waals surface area contributed by atoms with Crippen LogP contribution in [0.15, 0.2) is 18.2 Å². The fraction of sp³-hybridized carbons (Fsp3) is 0.571. The minimum absolute atomic E-state index is 0.801. The maximum absolute atomic E-state index is 5.30. The van der Waals surface area contributed by atoms with E-state index in [1.54, 1.807) is 7.11 Å². The van der Waals surface area contributed by atoms with Crippen molar-refractivity contribution in [2.45, 2.75) is 38.3 Å². The molecular formula is C14H19NO. The predicted octanol–water partition coefficient (Wildman–Crippen LogP) is 2.61. The van der Waals surface area contributed by atoms with E-state index in [0.717, 1.165) is 18.3 Å². The third kappa shape index (κ3) is 1.71. The Morgan fingerprint density at radius 1 is 1.25 bits per heavy atom. The highest BCUT2D eigenvalue weighted by molar-refractivity contribution is 5.37. The van der Waals surface area contributed by atoms with Crippen LogP contribution in [0.5, 0.6) is 5.75 Å². The first-order chi connectivity index (χ1) is 7.86. The van der Waals surface area contributed by atoms with Crippen molar-refractivity contribution in [3.05, 3.63) is 29.3 Å². The van der Waals surface area contributed by atoms with Crippen molar-refractivity contribution >= 4 is 0 Å². The minimum atomic E-state index is 0.801. The molecule has 0 bridgehead atoms. The molecule has 1 saturated heterocycles. The smallest absolute Gasteiger partial charge is 0.119 e. The Balaban J connectivity index is 1.89. The molecule has 2 aliphatic heterocycles. The molecule has 0 aliphatic carbocycles. The number of nitrogens with zero attached hydrogens (tertiary/aromatic N) is 1. The van der Waals surface area contributed by atoms with Crippen molar-refractivity contribution in [3.8, 4) is 5.75 Å². The SMILES string of the molecule is COc1ccc2c(c1)CN1CCCC[C@H]1C2. The normalized spacial score (nSPS) is 24.7. The van der Waals surface area contributed by atoms with Crippen molar-refractivity contribution in [2.75, 3.05) is 13.7 Å². The summed E-state index contributed by atoms with van der Waals surface area (Å²) in [6.45, 7) is 2.40. The van der Waals surface area contributed by atoms with Crippen molar-refractivity contribution in [2.24, 2.45) is 0 Å². The van der Waals surface area contributed by atoms with Gasteiger partial charge >= 0.3 is 0 Å². The lowest BCUT2D eigenvalue weighted by Crippen LogP contribution is -2.43. The van der Waals surface area contributed by atoms with Gasteiger partial charge in [-0.25, -0.2) is 0 Å². The molecule has 2 nitrogen and oxygen atoms in total. The second-order valence-electron chi connectivity index (χ2n) is 4.96.